The number of methoxy groups -OCH3 is 2. The van der Waals surface area contributed by atoms with Gasteiger partial charge in [-0.15, -0.1) is 0 Å². The molecule has 2 rings (SSSR count). The van der Waals surface area contributed by atoms with Crippen molar-refractivity contribution in [1.82, 2.24) is 0 Å². The van der Waals surface area contributed by atoms with E-state index in [1.165, 1.54) is 9.16 Å². The summed E-state index contributed by atoms with van der Waals surface area (Å²) in [6.07, 6.45) is 5.46. The van der Waals surface area contributed by atoms with E-state index in [0.717, 1.165) is 41.9 Å². The monoisotopic (exact) mass is 660 g/mol. The summed E-state index contributed by atoms with van der Waals surface area (Å²) in [6.45, 7) is 11.2. The van der Waals surface area contributed by atoms with E-state index >= 15 is 0 Å². The summed E-state index contributed by atoms with van der Waals surface area (Å²) in [6, 6.07) is 16.0. The van der Waals surface area contributed by atoms with E-state index in [-0.39, 0.29) is 12.0 Å². The van der Waals surface area contributed by atoms with Crippen LogP contribution in [0.2, 0.25) is 14.8 Å². The third kappa shape index (κ3) is 13.2. The minimum absolute atomic E-state index is 0.196. The van der Waals surface area contributed by atoms with Gasteiger partial charge in [-0.3, -0.25) is 0 Å². The Labute approximate surface area is 247 Å². The van der Waals surface area contributed by atoms with Crippen LogP contribution < -0.4 is 9.47 Å². The molecule has 2 aromatic carbocycles. The van der Waals surface area contributed by atoms with Gasteiger partial charge in [-0.25, -0.2) is 0 Å². The van der Waals surface area contributed by atoms with Crippen molar-refractivity contribution in [3.05, 3.63) is 81.5 Å². The Balaban J connectivity index is 1.76. The van der Waals surface area contributed by atoms with Gasteiger partial charge in [0.2, 0.25) is 0 Å². The molecule has 5 nitrogen and oxygen atoms in total. The first-order valence-corrected chi connectivity index (χ1v) is 24.4. The van der Waals surface area contributed by atoms with Gasteiger partial charge in [-0.05, 0) is 17.7 Å². The van der Waals surface area contributed by atoms with E-state index in [0.29, 0.717) is 38.8 Å². The Morgan fingerprint density at radius 3 is 1.90 bits per heavy atom. The van der Waals surface area contributed by atoms with E-state index in [4.69, 9.17) is 18.9 Å². The fourth-order valence-electron chi connectivity index (χ4n) is 4.70. The van der Waals surface area contributed by atoms with E-state index in [2.05, 4.69) is 41.3 Å². The maximum absolute atomic E-state index is 11.0. The molecule has 0 aromatic heterocycles. The predicted molar refractivity (Wildman–Crippen MR) is 169 cm³/mol. The summed E-state index contributed by atoms with van der Waals surface area (Å²) in [5.74, 6) is 2.33. The van der Waals surface area contributed by atoms with Crippen LogP contribution in [0.4, 0.5) is 0 Å². The molecule has 0 aliphatic rings. The fraction of sp³-hybridized carbons (Fsp3) is 0.529. The summed E-state index contributed by atoms with van der Waals surface area (Å²) >= 11 is -2.35. The third-order valence-corrected chi connectivity index (χ3v) is 14.0. The van der Waals surface area contributed by atoms with Gasteiger partial charge in [-0.1, -0.05) is 12.1 Å². The van der Waals surface area contributed by atoms with Crippen LogP contribution in [0.5, 0.6) is 11.5 Å². The molecule has 0 radical (unpaired) electrons. The Hall–Kier alpha value is -1.80. The molecule has 0 unspecified atom stereocenters. The molecule has 2 aromatic rings. The summed E-state index contributed by atoms with van der Waals surface area (Å²) in [5, 5.41) is 11.0. The van der Waals surface area contributed by atoms with Gasteiger partial charge in [0, 0.05) is 0 Å². The van der Waals surface area contributed by atoms with Crippen molar-refractivity contribution in [3.63, 3.8) is 0 Å². The topological polar surface area (TPSA) is 57.2 Å². The first-order valence-electron chi connectivity index (χ1n) is 14.5. The Morgan fingerprint density at radius 2 is 1.40 bits per heavy atom. The van der Waals surface area contributed by atoms with Crippen molar-refractivity contribution in [3.8, 4) is 11.5 Å². The molecular formula is C34H52O5Sn. The van der Waals surface area contributed by atoms with Gasteiger partial charge in [0.25, 0.3) is 0 Å². The molecule has 0 heterocycles. The number of allylic oxidation sites excluding steroid dienone is 1. The molecule has 0 saturated carbocycles. The molecule has 40 heavy (non-hydrogen) atoms. The molecule has 1 N–H and O–H groups in total. The van der Waals surface area contributed by atoms with E-state index in [1.54, 1.807) is 14.2 Å². The van der Waals surface area contributed by atoms with E-state index in [9.17, 15) is 5.11 Å². The van der Waals surface area contributed by atoms with Crippen LogP contribution in [-0.4, -0.2) is 57.0 Å². The van der Waals surface area contributed by atoms with Gasteiger partial charge in [0.1, 0.15) is 5.75 Å². The summed E-state index contributed by atoms with van der Waals surface area (Å²) in [4.78, 5) is 7.16. The van der Waals surface area contributed by atoms with Crippen LogP contribution in [-0.2, 0) is 22.7 Å². The van der Waals surface area contributed by atoms with Crippen molar-refractivity contribution in [2.24, 2.45) is 11.8 Å². The molecule has 0 saturated heterocycles. The minimum atomic E-state index is -2.35. The molecule has 0 aliphatic carbocycles. The fourth-order valence-corrected chi connectivity index (χ4v) is 8.77. The average molecular weight is 659 g/mol. The van der Waals surface area contributed by atoms with Crippen LogP contribution in [0, 0.1) is 11.8 Å². The first kappa shape index (κ1) is 34.4. The number of benzene rings is 2. The second kappa shape index (κ2) is 17.9. The zero-order valence-corrected chi connectivity index (χ0v) is 28.7. The van der Waals surface area contributed by atoms with Crippen molar-refractivity contribution >= 4 is 18.4 Å². The predicted octanol–water partition coefficient (Wildman–Crippen LogP) is 7.99. The summed E-state index contributed by atoms with van der Waals surface area (Å²) < 4.78 is 23.8. The van der Waals surface area contributed by atoms with Crippen molar-refractivity contribution in [2.75, 3.05) is 27.4 Å². The number of ether oxygens (including phenoxy) is 4. The molecular weight excluding hydrogens is 607 g/mol. The molecule has 0 spiro atoms. The molecule has 0 bridgehead atoms. The van der Waals surface area contributed by atoms with Crippen molar-refractivity contribution in [2.45, 2.75) is 73.7 Å². The summed E-state index contributed by atoms with van der Waals surface area (Å²) in [5.41, 5.74) is 3.50. The first-order chi connectivity index (χ1) is 19.0. The van der Waals surface area contributed by atoms with Crippen molar-refractivity contribution in [1.29, 1.82) is 0 Å². The van der Waals surface area contributed by atoms with Crippen LogP contribution in [0.25, 0.3) is 0 Å². The Bertz CT molecular complexity index is 1020. The third-order valence-electron chi connectivity index (χ3n) is 7.34. The van der Waals surface area contributed by atoms with Crippen LogP contribution in [0.15, 0.2) is 70.3 Å². The average Bonchev–Trinajstić information content (AvgIpc) is 2.92. The zero-order valence-electron chi connectivity index (χ0n) is 25.9. The van der Waals surface area contributed by atoms with Crippen LogP contribution in [0.1, 0.15) is 50.7 Å². The summed E-state index contributed by atoms with van der Waals surface area (Å²) in [7, 11) is 3.34. The van der Waals surface area contributed by atoms with Gasteiger partial charge < -0.3 is 4.74 Å². The molecule has 6 heteroatoms. The number of aliphatic hydroxyl groups excluding tert-OH is 1. The van der Waals surface area contributed by atoms with Gasteiger partial charge in [-0.2, -0.15) is 0 Å². The maximum atomic E-state index is 11.0. The number of hydrogen-bond donors (Lipinski definition) is 1. The normalized spacial score (nSPS) is 14.4. The molecule has 222 valence electrons. The van der Waals surface area contributed by atoms with Gasteiger partial charge in [0.15, 0.2) is 0 Å². The molecule has 0 aliphatic heterocycles. The second-order valence-electron chi connectivity index (χ2n) is 12.0. The number of rotatable bonds is 19. The van der Waals surface area contributed by atoms with Gasteiger partial charge in [0.05, 0.1) is 13.7 Å². The molecule has 3 atom stereocenters. The standard InChI is InChI=1S/C31H43O5.3CH3.Sn/c1-6-26(21-36-23-28-12-16-31(34-5)17-13-28)19-29(32)18-24(2)8-7-9-25(3)20-35-22-27-10-14-30(33-4)15-11-27;;;;/h9-17,24,26,29,32H,1,7-8,18-23H2,2-5H3;3*1H3;/b25-9+;;;;/t24-,26+,29+;;;;/m1..../s1. The quantitative estimate of drug-likeness (QED) is 0.122. The van der Waals surface area contributed by atoms with E-state index in [1.807, 2.05) is 48.5 Å². The Morgan fingerprint density at radius 1 is 0.875 bits per heavy atom. The van der Waals surface area contributed by atoms with Crippen LogP contribution >= 0.6 is 0 Å². The second-order valence-corrected chi connectivity index (χ2v) is 26.7. The Kier molecular flexibility index (Phi) is 15.4. The molecule has 0 amide bonds. The zero-order chi connectivity index (χ0) is 29.5. The van der Waals surface area contributed by atoms with Gasteiger partial charge >= 0.3 is 194 Å². The number of aliphatic hydroxyl groups is 1. The number of hydrogen-bond acceptors (Lipinski definition) is 5. The van der Waals surface area contributed by atoms with E-state index < -0.39 is 18.4 Å². The molecule has 0 fully saturated rings. The SMILES string of the molecule is C=[C]([C@H](COCc1ccc(OC)cc1)C[C@@H](O)C[C@H](C)CC/C=C(\C)COCc1ccc(OC)cc1)[Sn]([CH3])([CH3])[CH3]. The van der Waals surface area contributed by atoms with Crippen molar-refractivity contribution < 1.29 is 24.1 Å². The van der Waals surface area contributed by atoms with Crippen LogP contribution in [0.3, 0.4) is 0 Å².